The van der Waals surface area contributed by atoms with Crippen molar-refractivity contribution in [2.45, 2.75) is 58.7 Å². The number of carbonyl (C=O) groups excluding carboxylic acids is 1. The van der Waals surface area contributed by atoms with Crippen LogP contribution in [0.5, 0.6) is 0 Å². The maximum absolute atomic E-state index is 12.3. The van der Waals surface area contributed by atoms with Crippen LogP contribution in [0, 0.1) is 17.2 Å². The maximum Gasteiger partial charge on any atom is 0.240 e. The molecule has 4 heteroatoms. The number of rotatable bonds is 3. The summed E-state index contributed by atoms with van der Waals surface area (Å²) in [6, 6.07) is 2.12. The van der Waals surface area contributed by atoms with Crippen molar-refractivity contribution in [3.05, 3.63) is 0 Å². The summed E-state index contributed by atoms with van der Waals surface area (Å²) in [6.07, 6.45) is 1.48. The number of carbonyl (C=O) groups is 1. The third kappa shape index (κ3) is 3.71. The molecule has 1 amide bonds. The van der Waals surface area contributed by atoms with Gasteiger partial charge in [0, 0.05) is 13.1 Å². The van der Waals surface area contributed by atoms with Gasteiger partial charge in [-0.3, -0.25) is 4.79 Å². The molecular formula is C14H24N2O2. The molecule has 1 fully saturated rings. The fourth-order valence-electron chi connectivity index (χ4n) is 2.70. The Bertz CT molecular complexity index is 339. The van der Waals surface area contributed by atoms with Crippen LogP contribution in [0.15, 0.2) is 0 Å². The second-order valence-corrected chi connectivity index (χ2v) is 6.29. The zero-order valence-electron chi connectivity index (χ0n) is 12.1. The van der Waals surface area contributed by atoms with Gasteiger partial charge in [0.15, 0.2) is 0 Å². The summed E-state index contributed by atoms with van der Waals surface area (Å²) in [5.74, 6) is -0.566. The minimum Gasteiger partial charge on any atom is -0.366 e. The molecule has 1 heterocycles. The van der Waals surface area contributed by atoms with Gasteiger partial charge in [-0.1, -0.05) is 13.3 Å². The Labute approximate surface area is 110 Å². The third-order valence-corrected chi connectivity index (χ3v) is 3.04. The predicted molar refractivity (Wildman–Crippen MR) is 69.8 cm³/mol. The highest BCUT2D eigenvalue weighted by Crippen LogP contribution is 2.29. The topological polar surface area (TPSA) is 53.3 Å². The Morgan fingerprint density at radius 3 is 2.22 bits per heavy atom. The molecule has 0 aliphatic carbocycles. The van der Waals surface area contributed by atoms with E-state index >= 15 is 0 Å². The molecule has 1 unspecified atom stereocenters. The van der Waals surface area contributed by atoms with E-state index in [-0.39, 0.29) is 17.1 Å². The van der Waals surface area contributed by atoms with E-state index in [1.165, 1.54) is 0 Å². The first-order chi connectivity index (χ1) is 8.21. The summed E-state index contributed by atoms with van der Waals surface area (Å²) in [5, 5.41) is 9.09. The van der Waals surface area contributed by atoms with Crippen molar-refractivity contribution in [1.82, 2.24) is 4.90 Å². The fourth-order valence-corrected chi connectivity index (χ4v) is 2.70. The molecule has 0 aromatic heterocycles. The lowest BCUT2D eigenvalue weighted by atomic mass is 9.96. The van der Waals surface area contributed by atoms with E-state index in [9.17, 15) is 4.79 Å². The van der Waals surface area contributed by atoms with Crippen LogP contribution in [0.2, 0.25) is 0 Å². The quantitative estimate of drug-likeness (QED) is 0.774. The second-order valence-electron chi connectivity index (χ2n) is 6.29. The molecule has 18 heavy (non-hydrogen) atoms. The molecule has 0 saturated carbocycles. The summed E-state index contributed by atoms with van der Waals surface area (Å²) in [6.45, 7) is 11.0. The smallest absolute Gasteiger partial charge is 0.240 e. The van der Waals surface area contributed by atoms with E-state index < -0.39 is 5.92 Å². The number of ether oxygens (including phenoxy) is 1. The van der Waals surface area contributed by atoms with Gasteiger partial charge in [-0.25, -0.2) is 0 Å². The third-order valence-electron chi connectivity index (χ3n) is 3.04. The van der Waals surface area contributed by atoms with Gasteiger partial charge in [0.1, 0.15) is 5.92 Å². The zero-order chi connectivity index (χ0) is 14.0. The lowest BCUT2D eigenvalue weighted by Crippen LogP contribution is -2.59. The molecule has 1 atom stereocenters. The Morgan fingerprint density at radius 2 is 1.83 bits per heavy atom. The molecule has 1 rings (SSSR count). The van der Waals surface area contributed by atoms with Crippen LogP contribution >= 0.6 is 0 Å². The summed E-state index contributed by atoms with van der Waals surface area (Å²) in [4.78, 5) is 14.1. The van der Waals surface area contributed by atoms with Crippen LogP contribution < -0.4 is 0 Å². The standard InChI is InChI=1S/C14H24N2O2/c1-6-7-11(8-15)12(17)16-9-13(2,3)18-14(4,5)10-16/h11H,6-7,9-10H2,1-5H3. The lowest BCUT2D eigenvalue weighted by molar-refractivity contribution is -0.189. The average Bonchev–Trinajstić information content (AvgIpc) is 2.20. The summed E-state index contributed by atoms with van der Waals surface area (Å²) in [5.41, 5.74) is -0.715. The predicted octanol–water partition coefficient (Wildman–Crippen LogP) is 2.34. The Kier molecular flexibility index (Phi) is 4.39. The molecule has 1 aliphatic heterocycles. The van der Waals surface area contributed by atoms with Crippen molar-refractivity contribution in [2.75, 3.05) is 13.1 Å². The molecule has 4 nitrogen and oxygen atoms in total. The van der Waals surface area contributed by atoms with E-state index in [0.29, 0.717) is 19.5 Å². The molecule has 0 aromatic rings. The highest BCUT2D eigenvalue weighted by Gasteiger charge is 2.41. The van der Waals surface area contributed by atoms with Crippen LogP contribution in [0.25, 0.3) is 0 Å². The summed E-state index contributed by atoms with van der Waals surface area (Å²) >= 11 is 0. The SMILES string of the molecule is CCCC(C#N)C(=O)N1CC(C)(C)OC(C)(C)C1. The number of nitrogens with zero attached hydrogens (tertiary/aromatic N) is 2. The van der Waals surface area contributed by atoms with Gasteiger partial charge >= 0.3 is 0 Å². The van der Waals surface area contributed by atoms with Crippen LogP contribution in [0.4, 0.5) is 0 Å². The van der Waals surface area contributed by atoms with Crippen molar-refractivity contribution in [3.8, 4) is 6.07 Å². The molecule has 0 N–H and O–H groups in total. The van der Waals surface area contributed by atoms with E-state index in [0.717, 1.165) is 6.42 Å². The molecule has 102 valence electrons. The monoisotopic (exact) mass is 252 g/mol. The molecule has 0 radical (unpaired) electrons. The first kappa shape index (κ1) is 15.0. The Hall–Kier alpha value is -1.08. The van der Waals surface area contributed by atoms with Gasteiger partial charge in [0.25, 0.3) is 0 Å². The lowest BCUT2D eigenvalue weighted by Gasteiger charge is -2.47. The highest BCUT2D eigenvalue weighted by atomic mass is 16.5. The minimum atomic E-state index is -0.514. The number of morpholine rings is 1. The first-order valence-corrected chi connectivity index (χ1v) is 6.59. The summed E-state index contributed by atoms with van der Waals surface area (Å²) in [7, 11) is 0. The van der Waals surface area contributed by atoms with Crippen molar-refractivity contribution in [3.63, 3.8) is 0 Å². The fraction of sp³-hybridized carbons (Fsp3) is 0.857. The molecule has 0 aromatic carbocycles. The van der Waals surface area contributed by atoms with Gasteiger partial charge in [-0.2, -0.15) is 5.26 Å². The van der Waals surface area contributed by atoms with E-state index in [2.05, 4.69) is 6.07 Å². The molecule has 1 saturated heterocycles. The van der Waals surface area contributed by atoms with E-state index in [4.69, 9.17) is 10.00 Å². The van der Waals surface area contributed by atoms with Gasteiger partial charge in [-0.15, -0.1) is 0 Å². The van der Waals surface area contributed by atoms with Crippen molar-refractivity contribution in [1.29, 1.82) is 5.26 Å². The Balaban J connectivity index is 2.82. The Morgan fingerprint density at radius 1 is 1.33 bits per heavy atom. The zero-order valence-corrected chi connectivity index (χ0v) is 12.1. The van der Waals surface area contributed by atoms with Gasteiger partial charge < -0.3 is 9.64 Å². The van der Waals surface area contributed by atoms with Crippen LogP contribution in [-0.4, -0.2) is 35.1 Å². The van der Waals surface area contributed by atoms with Crippen molar-refractivity contribution >= 4 is 5.91 Å². The highest BCUT2D eigenvalue weighted by molar-refractivity contribution is 5.81. The van der Waals surface area contributed by atoms with E-state index in [1.807, 2.05) is 34.6 Å². The average molecular weight is 252 g/mol. The second kappa shape index (κ2) is 5.27. The van der Waals surface area contributed by atoms with Crippen LogP contribution in [-0.2, 0) is 9.53 Å². The minimum absolute atomic E-state index is 0.0520. The molecule has 0 spiro atoms. The number of hydrogen-bond donors (Lipinski definition) is 0. The van der Waals surface area contributed by atoms with Crippen molar-refractivity contribution < 1.29 is 9.53 Å². The first-order valence-electron chi connectivity index (χ1n) is 6.59. The van der Waals surface area contributed by atoms with Gasteiger partial charge in [0.2, 0.25) is 5.91 Å². The number of nitriles is 1. The van der Waals surface area contributed by atoms with Gasteiger partial charge in [0.05, 0.1) is 17.3 Å². The van der Waals surface area contributed by atoms with Crippen LogP contribution in [0.1, 0.15) is 47.5 Å². The van der Waals surface area contributed by atoms with Gasteiger partial charge in [-0.05, 0) is 34.1 Å². The summed E-state index contributed by atoms with van der Waals surface area (Å²) < 4.78 is 5.94. The maximum atomic E-state index is 12.3. The van der Waals surface area contributed by atoms with E-state index in [1.54, 1.807) is 4.90 Å². The largest absolute Gasteiger partial charge is 0.366 e. The van der Waals surface area contributed by atoms with Crippen molar-refractivity contribution in [2.24, 2.45) is 5.92 Å². The molecule has 1 aliphatic rings. The normalized spacial score (nSPS) is 23.2. The molecule has 0 bridgehead atoms. The number of amides is 1. The number of hydrogen-bond acceptors (Lipinski definition) is 3. The van der Waals surface area contributed by atoms with Crippen LogP contribution in [0.3, 0.4) is 0 Å². The molecular weight excluding hydrogens is 228 g/mol.